The number of imidazole rings is 1. The standard InChI is InChI=1S/C12H7ClN2OS/c13-8-3-1-2-7-6-9(17-11(7)8)10(16)12-14-4-5-15-12/h1-6H,(H,14,15). The Balaban J connectivity index is 2.13. The van der Waals surface area contributed by atoms with E-state index >= 15 is 0 Å². The van der Waals surface area contributed by atoms with Crippen molar-refractivity contribution in [1.29, 1.82) is 0 Å². The first kappa shape index (κ1) is 10.5. The summed E-state index contributed by atoms with van der Waals surface area (Å²) in [6.45, 7) is 0. The van der Waals surface area contributed by atoms with Crippen molar-refractivity contribution in [1.82, 2.24) is 9.97 Å². The zero-order valence-corrected chi connectivity index (χ0v) is 10.2. The number of fused-ring (bicyclic) bond motifs is 1. The maximum Gasteiger partial charge on any atom is 0.238 e. The van der Waals surface area contributed by atoms with Crippen LogP contribution in [0.2, 0.25) is 5.02 Å². The molecule has 0 radical (unpaired) electrons. The maximum absolute atomic E-state index is 12.1. The predicted octanol–water partition coefficient (Wildman–Crippen LogP) is 3.51. The highest BCUT2D eigenvalue weighted by atomic mass is 35.5. The number of aromatic nitrogens is 2. The van der Waals surface area contributed by atoms with Crippen LogP contribution in [-0.2, 0) is 0 Å². The van der Waals surface area contributed by atoms with Gasteiger partial charge in [0.25, 0.3) is 0 Å². The van der Waals surface area contributed by atoms with E-state index in [9.17, 15) is 4.79 Å². The van der Waals surface area contributed by atoms with Gasteiger partial charge in [-0.25, -0.2) is 4.98 Å². The predicted molar refractivity (Wildman–Crippen MR) is 68.9 cm³/mol. The lowest BCUT2D eigenvalue weighted by atomic mass is 10.2. The van der Waals surface area contributed by atoms with Crippen molar-refractivity contribution in [3.8, 4) is 0 Å². The zero-order chi connectivity index (χ0) is 11.8. The molecule has 1 N–H and O–H groups in total. The van der Waals surface area contributed by atoms with Crippen LogP contribution in [0.3, 0.4) is 0 Å². The molecule has 0 aliphatic heterocycles. The van der Waals surface area contributed by atoms with Crippen molar-refractivity contribution in [2.45, 2.75) is 0 Å². The second-order valence-corrected chi connectivity index (χ2v) is 5.00. The van der Waals surface area contributed by atoms with Crippen molar-refractivity contribution in [3.63, 3.8) is 0 Å². The Bertz CT molecular complexity index is 688. The van der Waals surface area contributed by atoms with Gasteiger partial charge in [-0.05, 0) is 17.5 Å². The van der Waals surface area contributed by atoms with E-state index in [-0.39, 0.29) is 5.78 Å². The smallest absolute Gasteiger partial charge is 0.238 e. The maximum atomic E-state index is 12.1. The molecule has 0 bridgehead atoms. The molecule has 0 aliphatic carbocycles. The largest absolute Gasteiger partial charge is 0.342 e. The van der Waals surface area contributed by atoms with Gasteiger partial charge < -0.3 is 4.98 Å². The summed E-state index contributed by atoms with van der Waals surface area (Å²) in [5.41, 5.74) is 0. The second kappa shape index (κ2) is 3.98. The molecule has 0 fully saturated rings. The summed E-state index contributed by atoms with van der Waals surface area (Å²) in [6.07, 6.45) is 3.20. The molecule has 5 heteroatoms. The SMILES string of the molecule is O=C(c1ncc[nH]1)c1cc2cccc(Cl)c2s1. The van der Waals surface area contributed by atoms with Crippen LogP contribution in [0.15, 0.2) is 36.7 Å². The van der Waals surface area contributed by atoms with E-state index in [0.717, 1.165) is 10.1 Å². The molecule has 0 spiro atoms. The van der Waals surface area contributed by atoms with Crippen LogP contribution in [0.25, 0.3) is 10.1 Å². The van der Waals surface area contributed by atoms with Gasteiger partial charge >= 0.3 is 0 Å². The lowest BCUT2D eigenvalue weighted by molar-refractivity contribution is 0.103. The first-order valence-electron chi connectivity index (χ1n) is 4.98. The third-order valence-electron chi connectivity index (χ3n) is 2.43. The Hall–Kier alpha value is -1.65. The van der Waals surface area contributed by atoms with E-state index in [0.29, 0.717) is 15.7 Å². The summed E-state index contributed by atoms with van der Waals surface area (Å²) in [4.78, 5) is 19.5. The average molecular weight is 263 g/mol. The molecule has 84 valence electrons. The fourth-order valence-corrected chi connectivity index (χ4v) is 2.95. The van der Waals surface area contributed by atoms with Crippen LogP contribution in [-0.4, -0.2) is 15.8 Å². The third kappa shape index (κ3) is 1.75. The van der Waals surface area contributed by atoms with Crippen molar-refractivity contribution >= 4 is 38.8 Å². The number of carbonyl (C=O) groups excluding carboxylic acids is 1. The van der Waals surface area contributed by atoms with Crippen LogP contribution in [0.5, 0.6) is 0 Å². The number of aromatic amines is 1. The first-order valence-corrected chi connectivity index (χ1v) is 6.17. The first-order chi connectivity index (χ1) is 8.25. The van der Waals surface area contributed by atoms with Gasteiger partial charge in [-0.1, -0.05) is 23.7 Å². The molecule has 0 aliphatic rings. The highest BCUT2D eigenvalue weighted by molar-refractivity contribution is 7.21. The fraction of sp³-hybridized carbons (Fsp3) is 0. The molecule has 2 heterocycles. The molecular weight excluding hydrogens is 256 g/mol. The van der Waals surface area contributed by atoms with Gasteiger partial charge in [-0.15, -0.1) is 11.3 Å². The van der Waals surface area contributed by atoms with Crippen molar-refractivity contribution in [3.05, 3.63) is 52.4 Å². The molecule has 3 nitrogen and oxygen atoms in total. The zero-order valence-electron chi connectivity index (χ0n) is 8.61. The second-order valence-electron chi connectivity index (χ2n) is 3.54. The highest BCUT2D eigenvalue weighted by Gasteiger charge is 2.15. The van der Waals surface area contributed by atoms with E-state index in [4.69, 9.17) is 11.6 Å². The van der Waals surface area contributed by atoms with E-state index < -0.39 is 0 Å². The summed E-state index contributed by atoms with van der Waals surface area (Å²) in [6, 6.07) is 7.48. The van der Waals surface area contributed by atoms with Crippen LogP contribution in [0, 0.1) is 0 Å². The molecule has 3 aromatic rings. The number of hydrogen-bond donors (Lipinski definition) is 1. The summed E-state index contributed by atoms with van der Waals surface area (Å²) in [5, 5.41) is 1.66. The molecule has 0 saturated heterocycles. The number of rotatable bonds is 2. The van der Waals surface area contributed by atoms with Gasteiger partial charge in [0, 0.05) is 12.4 Å². The summed E-state index contributed by atoms with van der Waals surface area (Å²) >= 11 is 7.46. The van der Waals surface area contributed by atoms with E-state index in [1.54, 1.807) is 12.4 Å². The van der Waals surface area contributed by atoms with Crippen molar-refractivity contribution in [2.75, 3.05) is 0 Å². The number of hydrogen-bond acceptors (Lipinski definition) is 3. The number of nitrogens with one attached hydrogen (secondary N) is 1. The lowest BCUT2D eigenvalue weighted by Gasteiger charge is -1.90. The number of thiophene rings is 1. The molecule has 1 aromatic carbocycles. The Morgan fingerprint density at radius 1 is 1.41 bits per heavy atom. The normalized spacial score (nSPS) is 10.9. The van der Waals surface area contributed by atoms with Crippen molar-refractivity contribution in [2.24, 2.45) is 0 Å². The number of benzene rings is 1. The summed E-state index contributed by atoms with van der Waals surface area (Å²) in [5.74, 6) is 0.250. The molecule has 0 atom stereocenters. The lowest BCUT2D eigenvalue weighted by Crippen LogP contribution is -2.00. The van der Waals surface area contributed by atoms with Crippen LogP contribution in [0.1, 0.15) is 15.5 Å². The monoisotopic (exact) mass is 262 g/mol. The van der Waals surface area contributed by atoms with Gasteiger partial charge in [-0.3, -0.25) is 4.79 Å². The Kier molecular flexibility index (Phi) is 2.46. The fourth-order valence-electron chi connectivity index (χ4n) is 1.65. The Labute approximate surface area is 106 Å². The average Bonchev–Trinajstić information content (AvgIpc) is 2.98. The number of nitrogens with zero attached hydrogens (tertiary/aromatic N) is 1. The number of ketones is 1. The molecule has 2 aromatic heterocycles. The Morgan fingerprint density at radius 3 is 3.00 bits per heavy atom. The van der Waals surface area contributed by atoms with Gasteiger partial charge in [0.2, 0.25) is 5.78 Å². The van der Waals surface area contributed by atoms with Gasteiger partial charge in [-0.2, -0.15) is 0 Å². The third-order valence-corrected chi connectivity index (χ3v) is 4.04. The molecule has 0 unspecified atom stereocenters. The van der Waals surface area contributed by atoms with Crippen LogP contribution >= 0.6 is 22.9 Å². The van der Waals surface area contributed by atoms with Crippen LogP contribution in [0.4, 0.5) is 0 Å². The highest BCUT2D eigenvalue weighted by Crippen LogP contribution is 2.32. The molecule has 17 heavy (non-hydrogen) atoms. The molecular formula is C12H7ClN2OS. The minimum absolute atomic E-state index is 0.104. The van der Waals surface area contributed by atoms with Crippen molar-refractivity contribution < 1.29 is 4.79 Å². The minimum Gasteiger partial charge on any atom is -0.342 e. The molecule has 0 saturated carbocycles. The molecule has 0 amide bonds. The Morgan fingerprint density at radius 2 is 2.29 bits per heavy atom. The molecule has 3 rings (SSSR count). The quantitative estimate of drug-likeness (QED) is 0.719. The summed E-state index contributed by atoms with van der Waals surface area (Å²) < 4.78 is 0.934. The topological polar surface area (TPSA) is 45.8 Å². The van der Waals surface area contributed by atoms with Gasteiger partial charge in [0.05, 0.1) is 14.6 Å². The minimum atomic E-state index is -0.104. The van der Waals surface area contributed by atoms with E-state index in [1.165, 1.54) is 11.3 Å². The van der Waals surface area contributed by atoms with E-state index in [2.05, 4.69) is 9.97 Å². The number of halogens is 1. The number of carbonyl (C=O) groups is 1. The van der Waals surface area contributed by atoms with Gasteiger partial charge in [0.1, 0.15) is 0 Å². The number of H-pyrrole nitrogens is 1. The summed E-state index contributed by atoms with van der Waals surface area (Å²) in [7, 11) is 0. The van der Waals surface area contributed by atoms with Crippen LogP contribution < -0.4 is 0 Å². The van der Waals surface area contributed by atoms with Gasteiger partial charge in [0.15, 0.2) is 5.82 Å². The van der Waals surface area contributed by atoms with E-state index in [1.807, 2.05) is 24.3 Å².